The number of ether oxygens (including phenoxy) is 3. The average molecular weight is 532 g/mol. The molecule has 0 saturated carbocycles. The fourth-order valence-electron chi connectivity index (χ4n) is 4.62. The van der Waals surface area contributed by atoms with Crippen molar-refractivity contribution < 1.29 is 37.7 Å². The van der Waals surface area contributed by atoms with Gasteiger partial charge in [0.1, 0.15) is 18.2 Å². The first-order valence-corrected chi connectivity index (χ1v) is 12.2. The molecule has 200 valence electrons. The molecule has 1 N–H and O–H groups in total. The van der Waals surface area contributed by atoms with E-state index in [2.05, 4.69) is 0 Å². The predicted octanol–water partition coefficient (Wildman–Crippen LogP) is 5.38. The molecule has 1 unspecified atom stereocenters. The van der Waals surface area contributed by atoms with Crippen LogP contribution in [0.1, 0.15) is 27.7 Å². The van der Waals surface area contributed by atoms with Gasteiger partial charge in [0.15, 0.2) is 22.9 Å². The van der Waals surface area contributed by atoms with Crippen LogP contribution in [0.4, 0.5) is 4.39 Å². The molecule has 0 spiro atoms. The Morgan fingerprint density at radius 2 is 1.82 bits per heavy atom. The zero-order valence-electron chi connectivity index (χ0n) is 21.3. The van der Waals surface area contributed by atoms with E-state index in [1.54, 1.807) is 60.7 Å². The van der Waals surface area contributed by atoms with E-state index in [0.717, 1.165) is 5.56 Å². The van der Waals surface area contributed by atoms with Crippen LogP contribution in [-0.4, -0.2) is 49.1 Å². The number of rotatable bonds is 10. The van der Waals surface area contributed by atoms with Gasteiger partial charge >= 0.3 is 0 Å². The van der Waals surface area contributed by atoms with Crippen LogP contribution in [-0.2, 0) is 16.1 Å². The van der Waals surface area contributed by atoms with Gasteiger partial charge in [0.05, 0.1) is 25.3 Å². The molecule has 1 aliphatic heterocycles. The lowest BCUT2D eigenvalue weighted by molar-refractivity contribution is -0.130. The largest absolute Gasteiger partial charge is 0.503 e. The molecule has 3 aromatic carbocycles. The Morgan fingerprint density at radius 1 is 1.05 bits per heavy atom. The zero-order chi connectivity index (χ0) is 27.5. The Labute approximate surface area is 223 Å². The first-order valence-electron chi connectivity index (χ1n) is 12.2. The minimum absolute atomic E-state index is 0.0360. The third kappa shape index (κ3) is 5.08. The minimum atomic E-state index is -0.912. The standard InChI is InChI=1S/C30H26FNO7/c1-36-14-13-32-26(19-5-3-7-22(15-19)38-17-18-9-11-21(31)12-10-18)25(28(34)30(32)35)27(33)24-16-20-6-4-8-23(37-2)29(20)39-24/h3-12,15-16,26,34H,13-14,17H2,1-2H3. The minimum Gasteiger partial charge on any atom is -0.503 e. The van der Waals surface area contributed by atoms with Gasteiger partial charge in [-0.25, -0.2) is 4.39 Å². The highest BCUT2D eigenvalue weighted by Crippen LogP contribution is 2.41. The predicted molar refractivity (Wildman–Crippen MR) is 140 cm³/mol. The molecule has 0 radical (unpaired) electrons. The topological polar surface area (TPSA) is 98.4 Å². The summed E-state index contributed by atoms with van der Waals surface area (Å²) < 4.78 is 35.5. The highest BCUT2D eigenvalue weighted by Gasteiger charge is 2.44. The number of carbonyl (C=O) groups excluding carboxylic acids is 2. The zero-order valence-corrected chi connectivity index (χ0v) is 21.3. The summed E-state index contributed by atoms with van der Waals surface area (Å²) in [5.74, 6) is -1.40. The summed E-state index contributed by atoms with van der Waals surface area (Å²) in [4.78, 5) is 28.3. The first kappa shape index (κ1) is 26.0. The molecule has 2 heterocycles. The molecule has 1 atom stereocenters. The van der Waals surface area contributed by atoms with Crippen molar-refractivity contribution >= 4 is 22.7 Å². The van der Waals surface area contributed by atoms with Gasteiger partial charge in [0, 0.05) is 19.0 Å². The number of nitrogens with zero attached hydrogens (tertiary/aromatic N) is 1. The van der Waals surface area contributed by atoms with E-state index in [0.29, 0.717) is 28.0 Å². The van der Waals surface area contributed by atoms with Crippen molar-refractivity contribution in [3.05, 3.63) is 107 Å². The van der Waals surface area contributed by atoms with E-state index in [4.69, 9.17) is 18.6 Å². The van der Waals surface area contributed by atoms with Crippen molar-refractivity contribution in [2.45, 2.75) is 12.6 Å². The number of hydrogen-bond donors (Lipinski definition) is 1. The van der Waals surface area contributed by atoms with Gasteiger partial charge in [-0.1, -0.05) is 36.4 Å². The molecule has 0 aliphatic carbocycles. The number of para-hydroxylation sites is 1. The van der Waals surface area contributed by atoms with Crippen molar-refractivity contribution in [2.75, 3.05) is 27.4 Å². The van der Waals surface area contributed by atoms with E-state index in [9.17, 15) is 19.1 Å². The molecule has 1 aromatic heterocycles. The van der Waals surface area contributed by atoms with Crippen molar-refractivity contribution in [3.63, 3.8) is 0 Å². The molecule has 39 heavy (non-hydrogen) atoms. The normalized spacial score (nSPS) is 15.3. The van der Waals surface area contributed by atoms with E-state index in [-0.39, 0.29) is 36.9 Å². The number of halogens is 1. The summed E-state index contributed by atoms with van der Waals surface area (Å²) in [5.41, 5.74) is 1.60. The molecule has 8 nitrogen and oxygen atoms in total. The quantitative estimate of drug-likeness (QED) is 0.274. The van der Waals surface area contributed by atoms with Crippen LogP contribution in [0.2, 0.25) is 0 Å². The maximum atomic E-state index is 13.8. The number of amides is 1. The van der Waals surface area contributed by atoms with Crippen LogP contribution >= 0.6 is 0 Å². The molecule has 0 fully saturated rings. The Bertz CT molecular complexity index is 1560. The second-order valence-electron chi connectivity index (χ2n) is 8.96. The van der Waals surface area contributed by atoms with E-state index < -0.39 is 23.5 Å². The van der Waals surface area contributed by atoms with E-state index in [1.165, 1.54) is 31.3 Å². The summed E-state index contributed by atoms with van der Waals surface area (Å²) in [7, 11) is 3.00. The lowest BCUT2D eigenvalue weighted by Gasteiger charge is -2.26. The molecule has 1 amide bonds. The van der Waals surface area contributed by atoms with Crippen LogP contribution in [0, 0.1) is 5.82 Å². The van der Waals surface area contributed by atoms with Gasteiger partial charge in [-0.05, 0) is 47.5 Å². The molecular weight excluding hydrogens is 505 g/mol. The van der Waals surface area contributed by atoms with E-state index >= 15 is 0 Å². The summed E-state index contributed by atoms with van der Waals surface area (Å²) >= 11 is 0. The van der Waals surface area contributed by atoms with Crippen molar-refractivity contribution in [2.24, 2.45) is 0 Å². The monoisotopic (exact) mass is 531 g/mol. The molecule has 0 saturated heterocycles. The lowest BCUT2D eigenvalue weighted by Crippen LogP contribution is -2.34. The van der Waals surface area contributed by atoms with E-state index in [1.807, 2.05) is 0 Å². The molecular formula is C30H26FNO7. The number of aliphatic hydroxyl groups excluding tert-OH is 1. The summed E-state index contributed by atoms with van der Waals surface area (Å²) in [5, 5.41) is 11.6. The van der Waals surface area contributed by atoms with Crippen molar-refractivity contribution in [1.29, 1.82) is 0 Å². The highest BCUT2D eigenvalue weighted by atomic mass is 19.1. The maximum Gasteiger partial charge on any atom is 0.290 e. The van der Waals surface area contributed by atoms with Gasteiger partial charge < -0.3 is 28.6 Å². The Kier molecular flexibility index (Phi) is 7.33. The number of ketones is 1. The highest BCUT2D eigenvalue weighted by molar-refractivity contribution is 6.16. The smallest absolute Gasteiger partial charge is 0.290 e. The van der Waals surface area contributed by atoms with Gasteiger partial charge in [0.2, 0.25) is 5.78 Å². The van der Waals surface area contributed by atoms with Crippen LogP contribution in [0.5, 0.6) is 11.5 Å². The Morgan fingerprint density at radius 3 is 2.56 bits per heavy atom. The molecule has 0 bridgehead atoms. The summed E-state index contributed by atoms with van der Waals surface area (Å²) in [6, 6.07) is 18.8. The summed E-state index contributed by atoms with van der Waals surface area (Å²) in [6.07, 6.45) is 0. The maximum absolute atomic E-state index is 13.8. The number of benzene rings is 3. The fraction of sp³-hybridized carbons (Fsp3) is 0.200. The van der Waals surface area contributed by atoms with Gasteiger partial charge in [-0.2, -0.15) is 0 Å². The van der Waals surface area contributed by atoms with Crippen LogP contribution in [0.3, 0.4) is 0 Å². The second kappa shape index (κ2) is 11.0. The average Bonchev–Trinajstić information content (AvgIpc) is 3.50. The van der Waals surface area contributed by atoms with Crippen molar-refractivity contribution in [3.8, 4) is 11.5 Å². The number of fused-ring (bicyclic) bond motifs is 1. The molecule has 4 aromatic rings. The third-order valence-electron chi connectivity index (χ3n) is 6.53. The SMILES string of the molecule is COCCN1C(=O)C(O)=C(C(=O)c2cc3cccc(OC)c3o2)C1c1cccc(OCc2ccc(F)cc2)c1. The molecule has 5 rings (SSSR count). The Balaban J connectivity index is 1.50. The lowest BCUT2D eigenvalue weighted by atomic mass is 9.95. The van der Waals surface area contributed by atoms with Crippen LogP contribution in [0.15, 0.2) is 88.5 Å². The van der Waals surface area contributed by atoms with Gasteiger partial charge in [0.25, 0.3) is 5.91 Å². The third-order valence-corrected chi connectivity index (χ3v) is 6.53. The van der Waals surface area contributed by atoms with Gasteiger partial charge in [-0.3, -0.25) is 9.59 Å². The van der Waals surface area contributed by atoms with Crippen LogP contribution < -0.4 is 9.47 Å². The first-order chi connectivity index (χ1) is 18.9. The number of Topliss-reactive ketones (excluding diaryl/α,β-unsaturated/α-hetero) is 1. The number of aliphatic hydroxyl groups is 1. The number of furan rings is 1. The van der Waals surface area contributed by atoms with Crippen LogP contribution in [0.25, 0.3) is 11.0 Å². The molecule has 1 aliphatic rings. The molecule has 9 heteroatoms. The summed E-state index contributed by atoms with van der Waals surface area (Å²) in [6.45, 7) is 0.517. The van der Waals surface area contributed by atoms with Crippen molar-refractivity contribution in [1.82, 2.24) is 4.90 Å². The fourth-order valence-corrected chi connectivity index (χ4v) is 4.62. The number of carbonyl (C=O) groups is 2. The Hall–Kier alpha value is -4.63. The second-order valence-corrected chi connectivity index (χ2v) is 8.96. The van der Waals surface area contributed by atoms with Gasteiger partial charge in [-0.15, -0.1) is 0 Å². The number of hydrogen-bond acceptors (Lipinski definition) is 7. The number of methoxy groups -OCH3 is 2.